The molecule has 4 aromatic carbocycles. The molecular formula is C38H29F2N7O6S3. The van der Waals surface area contributed by atoms with Crippen molar-refractivity contribution in [3.8, 4) is 32.9 Å². The van der Waals surface area contributed by atoms with Crippen molar-refractivity contribution in [1.29, 1.82) is 0 Å². The van der Waals surface area contributed by atoms with Crippen molar-refractivity contribution in [2.24, 2.45) is 5.14 Å². The topological polar surface area (TPSA) is 216 Å². The fourth-order valence-corrected chi connectivity index (χ4v) is 7.45. The van der Waals surface area contributed by atoms with E-state index in [-0.39, 0.29) is 46.5 Å². The summed E-state index contributed by atoms with van der Waals surface area (Å²) in [4.78, 5) is 42.0. The Labute approximate surface area is 324 Å². The molecule has 18 heteroatoms. The van der Waals surface area contributed by atoms with Crippen LogP contribution in [0.1, 0.15) is 31.8 Å². The maximum atomic E-state index is 13.7. The number of aromatic nitrogens is 4. The van der Waals surface area contributed by atoms with Crippen molar-refractivity contribution in [3.63, 3.8) is 0 Å². The summed E-state index contributed by atoms with van der Waals surface area (Å²) in [6.45, 7) is 0.0871. The number of primary sulfonamides is 1. The monoisotopic (exact) mass is 813 g/mol. The maximum absolute atomic E-state index is 13.7. The number of phenols is 2. The molecule has 56 heavy (non-hydrogen) atoms. The van der Waals surface area contributed by atoms with E-state index in [1.54, 1.807) is 12.1 Å². The number of sulfonamides is 1. The normalized spacial score (nSPS) is 11.3. The Hall–Kier alpha value is -6.47. The van der Waals surface area contributed by atoms with Gasteiger partial charge in [-0.05, 0) is 70.9 Å². The third kappa shape index (κ3) is 8.13. The Morgan fingerprint density at radius 2 is 1.23 bits per heavy atom. The van der Waals surface area contributed by atoms with Gasteiger partial charge in [0.1, 0.15) is 56.8 Å². The van der Waals surface area contributed by atoms with Crippen LogP contribution in [-0.4, -0.2) is 50.4 Å². The van der Waals surface area contributed by atoms with E-state index >= 15 is 0 Å². The fraction of sp³-hybridized carbons (Fsp3) is 0.0526. The number of nitrogens with one attached hydrogen (secondary N) is 4. The van der Waals surface area contributed by atoms with E-state index in [4.69, 9.17) is 5.14 Å². The first-order valence-electron chi connectivity index (χ1n) is 16.5. The van der Waals surface area contributed by atoms with Crippen molar-refractivity contribution in [2.75, 3.05) is 0 Å². The zero-order valence-electron chi connectivity index (χ0n) is 28.7. The van der Waals surface area contributed by atoms with Crippen LogP contribution in [-0.2, 0) is 23.1 Å². The number of imidazole rings is 2. The number of fused-ring (bicyclic) bond motifs is 2. The average Bonchev–Trinajstić information content (AvgIpc) is 4.01. The van der Waals surface area contributed by atoms with Crippen LogP contribution < -0.4 is 15.8 Å². The van der Waals surface area contributed by atoms with Crippen molar-refractivity contribution >= 4 is 66.6 Å². The molecule has 0 spiro atoms. The average molecular weight is 814 g/mol. The predicted molar refractivity (Wildman–Crippen MR) is 209 cm³/mol. The van der Waals surface area contributed by atoms with Gasteiger partial charge in [-0.2, -0.15) is 0 Å². The highest BCUT2D eigenvalue weighted by molar-refractivity contribution is 7.89. The van der Waals surface area contributed by atoms with Crippen LogP contribution in [0.15, 0.2) is 107 Å². The minimum absolute atomic E-state index is 0.00504. The van der Waals surface area contributed by atoms with Gasteiger partial charge in [0.2, 0.25) is 10.0 Å². The Kier molecular flexibility index (Phi) is 10.6. The molecule has 2 amide bonds. The van der Waals surface area contributed by atoms with E-state index in [1.807, 2.05) is 35.0 Å². The highest BCUT2D eigenvalue weighted by atomic mass is 32.2. The standard InChI is InChI=1S/C19H13F2N3O2S.C19H16N4O4S2/c20-11-4-3-10(13(21)8-11)9-22-19(26)12-5-6-14(25)17-16(12)23-18(24-17)15-2-1-7-27-15;20-29(26,27)12-5-3-11(4-6-12)10-21-19(25)13-7-8-14(24)17-16(13)22-18(23-17)15-2-1-9-28-15/h1-8,25H,9H2,(H,22,26)(H,23,24);1-9,24H,10H2,(H,21,25)(H,22,23)(H2,20,26,27). The number of aromatic amines is 2. The van der Waals surface area contributed by atoms with Crippen LogP contribution in [0, 0.1) is 11.6 Å². The van der Waals surface area contributed by atoms with Crippen molar-refractivity contribution in [2.45, 2.75) is 18.0 Å². The van der Waals surface area contributed by atoms with Gasteiger partial charge in [0.15, 0.2) is 0 Å². The van der Waals surface area contributed by atoms with Gasteiger partial charge in [-0.25, -0.2) is 32.3 Å². The van der Waals surface area contributed by atoms with Gasteiger partial charge in [-0.1, -0.05) is 30.3 Å². The number of nitrogens with zero attached hydrogens (tertiary/aromatic N) is 2. The maximum Gasteiger partial charge on any atom is 0.253 e. The molecule has 13 nitrogen and oxygen atoms in total. The summed E-state index contributed by atoms with van der Waals surface area (Å²) in [7, 11) is -3.76. The lowest BCUT2D eigenvalue weighted by atomic mass is 10.1. The molecule has 8 rings (SSSR count). The van der Waals surface area contributed by atoms with E-state index < -0.39 is 27.6 Å². The first-order valence-corrected chi connectivity index (χ1v) is 19.8. The minimum Gasteiger partial charge on any atom is -0.506 e. The third-order valence-corrected chi connectivity index (χ3v) is 11.1. The number of rotatable bonds is 9. The number of carbonyl (C=O) groups excluding carboxylic acids is 2. The van der Waals surface area contributed by atoms with E-state index in [2.05, 4.69) is 30.6 Å². The van der Waals surface area contributed by atoms with Crippen LogP contribution in [0.25, 0.3) is 43.5 Å². The second kappa shape index (κ2) is 15.7. The molecule has 0 aliphatic rings. The molecule has 0 saturated carbocycles. The summed E-state index contributed by atoms with van der Waals surface area (Å²) in [6.07, 6.45) is 0. The number of nitrogens with two attached hydrogens (primary N) is 1. The van der Waals surface area contributed by atoms with Crippen LogP contribution in [0.2, 0.25) is 0 Å². The van der Waals surface area contributed by atoms with Crippen LogP contribution in [0.4, 0.5) is 8.78 Å². The summed E-state index contributed by atoms with van der Waals surface area (Å²) in [5.41, 5.74) is 2.86. The summed E-state index contributed by atoms with van der Waals surface area (Å²) >= 11 is 2.97. The zero-order chi connectivity index (χ0) is 39.6. The molecule has 8 N–H and O–H groups in total. The summed E-state index contributed by atoms with van der Waals surface area (Å²) in [5.74, 6) is -1.16. The Morgan fingerprint density at radius 3 is 1.70 bits per heavy atom. The molecule has 0 aliphatic carbocycles. The molecule has 4 aromatic heterocycles. The molecule has 0 unspecified atom stereocenters. The molecule has 8 aromatic rings. The molecule has 0 radical (unpaired) electrons. The van der Waals surface area contributed by atoms with Gasteiger partial charge in [0.05, 0.1) is 25.8 Å². The van der Waals surface area contributed by atoms with E-state index in [0.717, 1.165) is 21.9 Å². The second-order valence-corrected chi connectivity index (χ2v) is 15.6. The van der Waals surface area contributed by atoms with Crippen molar-refractivity contribution in [3.05, 3.63) is 136 Å². The molecule has 4 heterocycles. The fourth-order valence-electron chi connectivity index (χ4n) is 5.59. The van der Waals surface area contributed by atoms with Gasteiger partial charge in [-0.3, -0.25) is 9.59 Å². The van der Waals surface area contributed by atoms with Crippen molar-refractivity contribution < 1.29 is 37.0 Å². The molecule has 284 valence electrons. The number of benzene rings is 4. The Balaban J connectivity index is 0.000000172. The number of carbonyl (C=O) groups is 2. The van der Waals surface area contributed by atoms with Crippen molar-refractivity contribution in [1.82, 2.24) is 30.6 Å². The number of halogens is 2. The zero-order valence-corrected chi connectivity index (χ0v) is 31.2. The molecule has 0 fully saturated rings. The van der Waals surface area contributed by atoms with Gasteiger partial charge >= 0.3 is 0 Å². The quantitative estimate of drug-likeness (QED) is 0.0823. The summed E-state index contributed by atoms with van der Waals surface area (Å²) in [5, 5.41) is 34.5. The summed E-state index contributed by atoms with van der Waals surface area (Å²) < 4.78 is 49.3. The van der Waals surface area contributed by atoms with E-state index in [1.165, 1.54) is 65.1 Å². The Morgan fingerprint density at radius 1 is 0.714 bits per heavy atom. The lowest BCUT2D eigenvalue weighted by Gasteiger charge is -2.07. The number of H-pyrrole nitrogens is 2. The van der Waals surface area contributed by atoms with Gasteiger partial charge in [0, 0.05) is 24.7 Å². The minimum atomic E-state index is -3.76. The number of phenolic OH excluding ortho intramolecular Hbond substituents is 2. The molecule has 0 saturated heterocycles. The number of hydrogen-bond donors (Lipinski definition) is 7. The first kappa shape index (κ1) is 37.8. The smallest absolute Gasteiger partial charge is 0.253 e. The lowest BCUT2D eigenvalue weighted by Crippen LogP contribution is -2.23. The van der Waals surface area contributed by atoms with E-state index in [9.17, 15) is 37.0 Å². The third-order valence-electron chi connectivity index (χ3n) is 8.40. The number of aromatic hydroxyl groups is 2. The number of thiophene rings is 2. The SMILES string of the molecule is NS(=O)(=O)c1ccc(CNC(=O)c2ccc(O)c3[nH]c(-c4cccs4)nc23)cc1.O=C(NCc1ccc(F)cc1F)c1ccc(O)c2[nH]c(-c3cccs3)nc12. The predicted octanol–water partition coefficient (Wildman–Crippen LogP) is 6.78. The first-order chi connectivity index (χ1) is 26.9. The largest absolute Gasteiger partial charge is 0.506 e. The molecule has 0 bridgehead atoms. The van der Waals surface area contributed by atoms with Gasteiger partial charge in [0.25, 0.3) is 11.8 Å². The second-order valence-electron chi connectivity index (χ2n) is 12.1. The molecule has 0 aliphatic heterocycles. The molecule has 0 atom stereocenters. The van der Waals surface area contributed by atoms with Gasteiger partial charge < -0.3 is 30.8 Å². The van der Waals surface area contributed by atoms with Crippen LogP contribution in [0.5, 0.6) is 11.5 Å². The highest BCUT2D eigenvalue weighted by Crippen LogP contribution is 2.32. The van der Waals surface area contributed by atoms with Gasteiger partial charge in [-0.15, -0.1) is 22.7 Å². The molecular weight excluding hydrogens is 785 g/mol. The lowest BCUT2D eigenvalue weighted by molar-refractivity contribution is 0.0944. The van der Waals surface area contributed by atoms with E-state index in [0.29, 0.717) is 44.8 Å². The summed E-state index contributed by atoms with van der Waals surface area (Å²) in [6, 6.07) is 22.4. The van der Waals surface area contributed by atoms with Crippen LogP contribution in [0.3, 0.4) is 0 Å². The highest BCUT2D eigenvalue weighted by Gasteiger charge is 2.20. The number of hydrogen-bond acceptors (Lipinski definition) is 10. The van der Waals surface area contributed by atoms with Crippen LogP contribution >= 0.6 is 22.7 Å². The Bertz CT molecular complexity index is 2820. The number of amides is 2.